The Kier molecular flexibility index (Phi) is 5.13. The van der Waals surface area contributed by atoms with Gasteiger partial charge in [-0.05, 0) is 29.8 Å². The van der Waals surface area contributed by atoms with Crippen LogP contribution in [0.5, 0.6) is 0 Å². The van der Waals surface area contributed by atoms with Crippen LogP contribution in [0.25, 0.3) is 5.69 Å². The number of aliphatic imine (C=N–C) groups is 1. The van der Waals surface area contributed by atoms with Crippen molar-refractivity contribution in [1.82, 2.24) is 19.8 Å². The Morgan fingerprint density at radius 3 is 2.72 bits per heavy atom. The maximum absolute atomic E-state index is 12.2. The molecule has 9 heteroatoms. The summed E-state index contributed by atoms with van der Waals surface area (Å²) in [5.41, 5.74) is 2.37. The number of nitrogens with one attached hydrogen (secondary N) is 2. The molecule has 0 fully saturated rings. The fourth-order valence-corrected chi connectivity index (χ4v) is 4.35. The smallest absolute Gasteiger partial charge is 0.263 e. The van der Waals surface area contributed by atoms with Crippen molar-refractivity contribution >= 4 is 21.8 Å². The summed E-state index contributed by atoms with van der Waals surface area (Å²) < 4.78 is 28.3. The predicted molar refractivity (Wildman–Crippen MR) is 108 cm³/mol. The Balaban J connectivity index is 1.36. The molecule has 4 rings (SSSR count). The molecule has 0 spiro atoms. The number of hydrogen-bond acceptors (Lipinski definition) is 5. The predicted octanol–water partition coefficient (Wildman–Crippen LogP) is 1.62. The van der Waals surface area contributed by atoms with E-state index in [2.05, 4.69) is 20.1 Å². The van der Waals surface area contributed by atoms with Crippen molar-refractivity contribution in [3.05, 3.63) is 78.1 Å². The van der Waals surface area contributed by atoms with E-state index in [4.69, 9.17) is 0 Å². The second kappa shape index (κ2) is 7.88. The SMILES string of the molecule is O=C(CCN=C1NS(=O)(=O)c2ccccc21)NCc1ccccc1-n1cccn1. The highest BCUT2D eigenvalue weighted by Gasteiger charge is 2.29. The molecule has 0 atom stereocenters. The second-order valence-corrected chi connectivity index (χ2v) is 8.09. The van der Waals surface area contributed by atoms with Gasteiger partial charge in [0.1, 0.15) is 5.84 Å². The third-order valence-corrected chi connectivity index (χ3v) is 5.89. The first kappa shape index (κ1) is 18.9. The summed E-state index contributed by atoms with van der Waals surface area (Å²) in [7, 11) is -3.57. The molecule has 148 valence electrons. The number of amidine groups is 1. The summed E-state index contributed by atoms with van der Waals surface area (Å²) >= 11 is 0. The zero-order chi connectivity index (χ0) is 20.3. The van der Waals surface area contributed by atoms with Crippen LogP contribution in [0.4, 0.5) is 0 Å². The number of amides is 1. The normalized spacial score (nSPS) is 15.7. The molecule has 29 heavy (non-hydrogen) atoms. The second-order valence-electron chi connectivity index (χ2n) is 6.44. The first-order chi connectivity index (χ1) is 14.0. The lowest BCUT2D eigenvalue weighted by Crippen LogP contribution is -2.25. The molecule has 0 unspecified atom stereocenters. The van der Waals surface area contributed by atoms with E-state index in [1.54, 1.807) is 29.1 Å². The molecule has 0 saturated carbocycles. The van der Waals surface area contributed by atoms with Gasteiger partial charge in [0, 0.05) is 30.9 Å². The van der Waals surface area contributed by atoms with Gasteiger partial charge >= 0.3 is 0 Å². The first-order valence-corrected chi connectivity index (χ1v) is 10.5. The van der Waals surface area contributed by atoms with Crippen molar-refractivity contribution < 1.29 is 13.2 Å². The Morgan fingerprint density at radius 2 is 1.90 bits per heavy atom. The highest BCUT2D eigenvalue weighted by Crippen LogP contribution is 2.22. The van der Waals surface area contributed by atoms with E-state index >= 15 is 0 Å². The van der Waals surface area contributed by atoms with Crippen LogP contribution in [0.1, 0.15) is 17.5 Å². The summed E-state index contributed by atoms with van der Waals surface area (Å²) in [5, 5.41) is 7.10. The lowest BCUT2D eigenvalue weighted by molar-refractivity contribution is -0.121. The number of rotatable bonds is 6. The van der Waals surface area contributed by atoms with Gasteiger partial charge in [-0.1, -0.05) is 30.3 Å². The minimum Gasteiger partial charge on any atom is -0.352 e. The number of nitrogens with zero attached hydrogens (tertiary/aromatic N) is 3. The largest absolute Gasteiger partial charge is 0.352 e. The fraction of sp³-hybridized carbons (Fsp3) is 0.150. The number of para-hydroxylation sites is 1. The van der Waals surface area contributed by atoms with Gasteiger partial charge in [0.15, 0.2) is 0 Å². The minimum absolute atomic E-state index is 0.150. The lowest BCUT2D eigenvalue weighted by Gasteiger charge is -2.10. The Morgan fingerprint density at radius 1 is 1.10 bits per heavy atom. The van der Waals surface area contributed by atoms with Crippen molar-refractivity contribution in [2.45, 2.75) is 17.9 Å². The van der Waals surface area contributed by atoms with E-state index in [9.17, 15) is 13.2 Å². The molecule has 8 nitrogen and oxygen atoms in total. The van der Waals surface area contributed by atoms with Crippen LogP contribution in [-0.2, 0) is 21.4 Å². The van der Waals surface area contributed by atoms with Crippen molar-refractivity contribution in [3.63, 3.8) is 0 Å². The zero-order valence-electron chi connectivity index (χ0n) is 15.4. The molecular formula is C20H19N5O3S. The molecule has 0 bridgehead atoms. The van der Waals surface area contributed by atoms with Gasteiger partial charge < -0.3 is 5.32 Å². The van der Waals surface area contributed by atoms with Gasteiger partial charge in [-0.2, -0.15) is 5.10 Å². The molecule has 2 heterocycles. The zero-order valence-corrected chi connectivity index (χ0v) is 16.3. The van der Waals surface area contributed by atoms with Crippen molar-refractivity contribution in [1.29, 1.82) is 0 Å². The summed E-state index contributed by atoms with van der Waals surface area (Å²) in [6.07, 6.45) is 3.69. The summed E-state index contributed by atoms with van der Waals surface area (Å²) in [5.74, 6) is 0.108. The van der Waals surface area contributed by atoms with Gasteiger partial charge in [0.25, 0.3) is 10.0 Å². The number of benzene rings is 2. The van der Waals surface area contributed by atoms with E-state index in [1.165, 1.54) is 6.07 Å². The number of carbonyl (C=O) groups excluding carboxylic acids is 1. The summed E-state index contributed by atoms with van der Waals surface area (Å²) in [6, 6.07) is 16.2. The van der Waals surface area contributed by atoms with Gasteiger partial charge in [-0.15, -0.1) is 0 Å². The van der Waals surface area contributed by atoms with E-state index in [0.717, 1.165) is 11.3 Å². The number of aromatic nitrogens is 2. The third kappa shape index (κ3) is 4.04. The van der Waals surface area contributed by atoms with E-state index in [0.29, 0.717) is 12.1 Å². The molecule has 1 amide bonds. The Labute approximate surface area is 168 Å². The summed E-state index contributed by atoms with van der Waals surface area (Å²) in [6.45, 7) is 0.541. The van der Waals surface area contributed by atoms with Gasteiger partial charge in [-0.25, -0.2) is 13.1 Å². The molecule has 2 N–H and O–H groups in total. The maximum Gasteiger partial charge on any atom is 0.263 e. The minimum atomic E-state index is -3.57. The fourth-order valence-electron chi connectivity index (χ4n) is 3.10. The Hall–Kier alpha value is -3.46. The van der Waals surface area contributed by atoms with Crippen LogP contribution in [0.15, 0.2) is 76.9 Å². The average molecular weight is 409 g/mol. The molecule has 0 saturated heterocycles. The average Bonchev–Trinajstić information content (AvgIpc) is 3.34. The third-order valence-electron chi connectivity index (χ3n) is 4.49. The van der Waals surface area contributed by atoms with Crippen LogP contribution >= 0.6 is 0 Å². The Bertz CT molecular complexity index is 1170. The standard InChI is InChI=1S/C20H19N5O3S/c26-19(22-14-15-6-1-3-8-17(15)25-13-5-11-23-25)10-12-21-20-16-7-2-4-9-18(16)29(27,28)24-20/h1-9,11,13H,10,12,14H2,(H,21,24)(H,22,26). The number of sulfonamides is 1. The number of fused-ring (bicyclic) bond motifs is 1. The van der Waals surface area contributed by atoms with Crippen LogP contribution in [0.2, 0.25) is 0 Å². The molecule has 1 aliphatic rings. The summed E-state index contributed by atoms with van der Waals surface area (Å²) in [4.78, 5) is 16.7. The molecule has 1 aromatic heterocycles. The number of carbonyl (C=O) groups is 1. The molecule has 1 aliphatic heterocycles. The molecule has 0 radical (unpaired) electrons. The van der Waals surface area contributed by atoms with E-state index in [-0.39, 0.29) is 29.6 Å². The van der Waals surface area contributed by atoms with Crippen LogP contribution < -0.4 is 10.0 Å². The molecule has 3 aromatic rings. The lowest BCUT2D eigenvalue weighted by atomic mass is 10.1. The molecule has 0 aliphatic carbocycles. The quantitative estimate of drug-likeness (QED) is 0.645. The van der Waals surface area contributed by atoms with Crippen molar-refractivity contribution in [3.8, 4) is 5.69 Å². The molecular weight excluding hydrogens is 390 g/mol. The van der Waals surface area contributed by atoms with E-state index < -0.39 is 10.0 Å². The van der Waals surface area contributed by atoms with Crippen molar-refractivity contribution in [2.24, 2.45) is 4.99 Å². The first-order valence-electron chi connectivity index (χ1n) is 9.06. The van der Waals surface area contributed by atoms with Crippen LogP contribution in [0, 0.1) is 0 Å². The van der Waals surface area contributed by atoms with Crippen LogP contribution in [0.3, 0.4) is 0 Å². The maximum atomic E-state index is 12.2. The van der Waals surface area contributed by atoms with Crippen LogP contribution in [-0.4, -0.2) is 36.5 Å². The van der Waals surface area contributed by atoms with Crippen molar-refractivity contribution in [2.75, 3.05) is 6.54 Å². The topological polar surface area (TPSA) is 105 Å². The van der Waals surface area contributed by atoms with Gasteiger partial charge in [0.05, 0.1) is 17.1 Å². The molecule has 2 aromatic carbocycles. The highest BCUT2D eigenvalue weighted by molar-refractivity contribution is 7.90. The van der Waals surface area contributed by atoms with Gasteiger partial charge in [-0.3, -0.25) is 14.5 Å². The number of hydrogen-bond donors (Lipinski definition) is 2. The monoisotopic (exact) mass is 409 g/mol. The highest BCUT2D eigenvalue weighted by atomic mass is 32.2. The van der Waals surface area contributed by atoms with Gasteiger partial charge in [0.2, 0.25) is 5.91 Å². The van der Waals surface area contributed by atoms with E-state index in [1.807, 2.05) is 36.5 Å².